The standard InChI is InChI=1S/C24H40N6O/c1-3-26-24(30-11-5-6-22(19-30)16-23(25)31)27-17-20-7-9-21(10-8-20)18-29-14-12-28(4-2)13-15-29/h7-10,22H,3-6,11-19H2,1-2H3,(H2,25,31)(H,26,27). The summed E-state index contributed by atoms with van der Waals surface area (Å²) >= 11 is 0. The average molecular weight is 429 g/mol. The van der Waals surface area contributed by atoms with Gasteiger partial charge in [-0.1, -0.05) is 31.2 Å². The van der Waals surface area contributed by atoms with Crippen molar-refractivity contribution in [3.8, 4) is 0 Å². The molecule has 3 N–H and O–H groups in total. The SMILES string of the molecule is CCNC(=NCc1ccc(CN2CCN(CC)CC2)cc1)N1CCCC(CC(N)=O)C1. The van der Waals surface area contributed by atoms with E-state index in [1.165, 1.54) is 24.2 Å². The number of benzene rings is 1. The van der Waals surface area contributed by atoms with Crippen molar-refractivity contribution in [3.05, 3.63) is 35.4 Å². The van der Waals surface area contributed by atoms with E-state index in [1.807, 2.05) is 0 Å². The molecule has 0 aliphatic carbocycles. The van der Waals surface area contributed by atoms with Crippen LogP contribution in [0.15, 0.2) is 29.3 Å². The van der Waals surface area contributed by atoms with Gasteiger partial charge in [0, 0.05) is 58.8 Å². The van der Waals surface area contributed by atoms with E-state index >= 15 is 0 Å². The third kappa shape index (κ3) is 7.51. The lowest BCUT2D eigenvalue weighted by Gasteiger charge is -2.34. The molecule has 1 aromatic carbocycles. The molecule has 1 unspecified atom stereocenters. The molecular formula is C24H40N6O. The van der Waals surface area contributed by atoms with E-state index < -0.39 is 0 Å². The summed E-state index contributed by atoms with van der Waals surface area (Å²) in [5.41, 5.74) is 8.01. The molecule has 1 amide bonds. The number of nitrogens with zero attached hydrogens (tertiary/aromatic N) is 4. The number of nitrogens with one attached hydrogen (secondary N) is 1. The lowest BCUT2D eigenvalue weighted by molar-refractivity contribution is -0.119. The molecule has 172 valence electrons. The number of likely N-dealkylation sites (N-methyl/N-ethyl adjacent to an activating group) is 1. The smallest absolute Gasteiger partial charge is 0.217 e. The summed E-state index contributed by atoms with van der Waals surface area (Å²) in [7, 11) is 0. The molecule has 0 bridgehead atoms. The second-order valence-corrected chi connectivity index (χ2v) is 8.82. The van der Waals surface area contributed by atoms with Gasteiger partial charge in [-0.3, -0.25) is 9.69 Å². The maximum absolute atomic E-state index is 11.3. The van der Waals surface area contributed by atoms with Gasteiger partial charge in [-0.25, -0.2) is 4.99 Å². The molecule has 0 saturated carbocycles. The molecule has 7 heteroatoms. The van der Waals surface area contributed by atoms with E-state index in [9.17, 15) is 4.79 Å². The van der Waals surface area contributed by atoms with Crippen molar-refractivity contribution >= 4 is 11.9 Å². The highest BCUT2D eigenvalue weighted by atomic mass is 16.1. The highest BCUT2D eigenvalue weighted by Gasteiger charge is 2.23. The number of nitrogens with two attached hydrogens (primary N) is 1. The molecule has 7 nitrogen and oxygen atoms in total. The van der Waals surface area contributed by atoms with Crippen LogP contribution in [0.1, 0.15) is 44.2 Å². The first kappa shape index (κ1) is 23.5. The number of piperidine rings is 1. The van der Waals surface area contributed by atoms with E-state index in [2.05, 4.69) is 58.1 Å². The van der Waals surface area contributed by atoms with E-state index in [0.29, 0.717) is 18.9 Å². The number of piperazine rings is 1. The molecule has 2 aliphatic heterocycles. The number of primary amides is 1. The van der Waals surface area contributed by atoms with Crippen molar-refractivity contribution in [2.45, 2.75) is 46.2 Å². The van der Waals surface area contributed by atoms with Crippen molar-refractivity contribution in [3.63, 3.8) is 0 Å². The molecule has 1 atom stereocenters. The fraction of sp³-hybridized carbons (Fsp3) is 0.667. The van der Waals surface area contributed by atoms with E-state index in [1.54, 1.807) is 0 Å². The van der Waals surface area contributed by atoms with Gasteiger partial charge in [-0.15, -0.1) is 0 Å². The number of carbonyl (C=O) groups is 1. The molecule has 2 aliphatic rings. The van der Waals surface area contributed by atoms with Gasteiger partial charge in [0.2, 0.25) is 5.91 Å². The van der Waals surface area contributed by atoms with Crippen LogP contribution in [-0.2, 0) is 17.9 Å². The molecule has 3 rings (SSSR count). The predicted molar refractivity (Wildman–Crippen MR) is 127 cm³/mol. The number of carbonyl (C=O) groups excluding carboxylic acids is 1. The Labute approximate surface area is 187 Å². The third-order valence-electron chi connectivity index (χ3n) is 6.40. The number of rotatable bonds is 8. The number of aliphatic imine (C=N–C) groups is 1. The number of hydrogen-bond acceptors (Lipinski definition) is 4. The van der Waals surface area contributed by atoms with Crippen LogP contribution in [0.25, 0.3) is 0 Å². The molecule has 0 aromatic heterocycles. The minimum Gasteiger partial charge on any atom is -0.370 e. The van der Waals surface area contributed by atoms with Crippen LogP contribution in [0.5, 0.6) is 0 Å². The number of guanidine groups is 1. The number of amides is 1. The largest absolute Gasteiger partial charge is 0.370 e. The van der Waals surface area contributed by atoms with Crippen LogP contribution < -0.4 is 11.1 Å². The van der Waals surface area contributed by atoms with Crippen molar-refractivity contribution in [1.82, 2.24) is 20.0 Å². The zero-order valence-electron chi connectivity index (χ0n) is 19.4. The van der Waals surface area contributed by atoms with Crippen molar-refractivity contribution in [1.29, 1.82) is 0 Å². The van der Waals surface area contributed by atoms with Gasteiger partial charge in [-0.2, -0.15) is 0 Å². The van der Waals surface area contributed by atoms with Crippen LogP contribution in [0, 0.1) is 5.92 Å². The van der Waals surface area contributed by atoms with Crippen molar-refractivity contribution in [2.75, 3.05) is 52.4 Å². The summed E-state index contributed by atoms with van der Waals surface area (Å²) in [6.45, 7) is 14.5. The fourth-order valence-electron chi connectivity index (χ4n) is 4.57. The van der Waals surface area contributed by atoms with Gasteiger partial charge >= 0.3 is 0 Å². The molecular weight excluding hydrogens is 388 g/mol. The van der Waals surface area contributed by atoms with Crippen LogP contribution in [0.2, 0.25) is 0 Å². The lowest BCUT2D eigenvalue weighted by Crippen LogP contribution is -2.47. The molecule has 1 aromatic rings. The Morgan fingerprint density at radius 2 is 1.74 bits per heavy atom. The molecule has 0 spiro atoms. The highest BCUT2D eigenvalue weighted by Crippen LogP contribution is 2.19. The third-order valence-corrected chi connectivity index (χ3v) is 6.40. The van der Waals surface area contributed by atoms with Crippen molar-refractivity contribution < 1.29 is 4.79 Å². The Balaban J connectivity index is 1.54. The molecule has 31 heavy (non-hydrogen) atoms. The second-order valence-electron chi connectivity index (χ2n) is 8.82. The summed E-state index contributed by atoms with van der Waals surface area (Å²) < 4.78 is 0. The maximum Gasteiger partial charge on any atom is 0.217 e. The van der Waals surface area contributed by atoms with Gasteiger partial charge in [0.15, 0.2) is 5.96 Å². The van der Waals surface area contributed by atoms with Crippen LogP contribution in [-0.4, -0.2) is 78.9 Å². The van der Waals surface area contributed by atoms with Gasteiger partial charge in [0.25, 0.3) is 0 Å². The average Bonchev–Trinajstić information content (AvgIpc) is 2.78. The summed E-state index contributed by atoms with van der Waals surface area (Å²) in [4.78, 5) is 23.5. The minimum atomic E-state index is -0.207. The Morgan fingerprint density at radius 1 is 1.06 bits per heavy atom. The number of likely N-dealkylation sites (tertiary alicyclic amines) is 1. The summed E-state index contributed by atoms with van der Waals surface area (Å²) in [6.07, 6.45) is 2.60. The maximum atomic E-state index is 11.3. The molecule has 2 fully saturated rings. The highest BCUT2D eigenvalue weighted by molar-refractivity contribution is 5.80. The van der Waals surface area contributed by atoms with Crippen molar-refractivity contribution in [2.24, 2.45) is 16.6 Å². The van der Waals surface area contributed by atoms with Crippen LogP contribution in [0.3, 0.4) is 0 Å². The first-order valence-electron chi connectivity index (χ1n) is 11.9. The topological polar surface area (TPSA) is 77.2 Å². The van der Waals surface area contributed by atoms with Gasteiger partial charge < -0.3 is 20.9 Å². The second kappa shape index (κ2) is 12.1. The summed E-state index contributed by atoms with van der Waals surface area (Å²) in [5.74, 6) is 1.06. The normalized spacial score (nSPS) is 21.3. The monoisotopic (exact) mass is 428 g/mol. The van der Waals surface area contributed by atoms with Gasteiger partial charge in [-0.05, 0) is 43.4 Å². The fourth-order valence-corrected chi connectivity index (χ4v) is 4.57. The Hall–Kier alpha value is -2.12. The van der Waals surface area contributed by atoms with Crippen LogP contribution in [0.4, 0.5) is 0 Å². The quantitative estimate of drug-likeness (QED) is 0.488. The first-order chi connectivity index (χ1) is 15.1. The lowest BCUT2D eigenvalue weighted by atomic mass is 9.95. The minimum absolute atomic E-state index is 0.207. The van der Waals surface area contributed by atoms with E-state index in [-0.39, 0.29) is 5.91 Å². The summed E-state index contributed by atoms with van der Waals surface area (Å²) in [6, 6.07) is 8.90. The van der Waals surface area contributed by atoms with E-state index in [0.717, 1.165) is 64.6 Å². The Morgan fingerprint density at radius 3 is 2.39 bits per heavy atom. The number of hydrogen-bond donors (Lipinski definition) is 2. The predicted octanol–water partition coefficient (Wildman–Crippen LogP) is 1.88. The Kier molecular flexibility index (Phi) is 9.15. The van der Waals surface area contributed by atoms with Gasteiger partial charge in [0.1, 0.15) is 0 Å². The molecule has 0 radical (unpaired) electrons. The molecule has 2 heterocycles. The summed E-state index contributed by atoms with van der Waals surface area (Å²) in [5, 5.41) is 3.42. The zero-order chi connectivity index (χ0) is 22.1. The van der Waals surface area contributed by atoms with E-state index in [4.69, 9.17) is 10.7 Å². The zero-order valence-corrected chi connectivity index (χ0v) is 19.4. The molecule has 2 saturated heterocycles. The van der Waals surface area contributed by atoms with Gasteiger partial charge in [0.05, 0.1) is 6.54 Å². The first-order valence-corrected chi connectivity index (χ1v) is 11.9. The van der Waals surface area contributed by atoms with Crippen LogP contribution >= 0.6 is 0 Å². The Bertz CT molecular complexity index is 711.